The number of pyridine rings is 1. The zero-order valence-corrected chi connectivity index (χ0v) is 22.3. The smallest absolute Gasteiger partial charge is 0.255 e. The number of amides is 2. The summed E-state index contributed by atoms with van der Waals surface area (Å²) >= 11 is 0. The van der Waals surface area contributed by atoms with Crippen LogP contribution in [0.25, 0.3) is 22.3 Å². The van der Waals surface area contributed by atoms with Gasteiger partial charge in [0.15, 0.2) is 0 Å². The number of fused-ring (bicyclic) bond motifs is 2. The molecule has 1 saturated heterocycles. The average Bonchev–Trinajstić information content (AvgIpc) is 3.62. The number of methoxy groups -OCH3 is 1. The molecule has 0 spiro atoms. The fourth-order valence-corrected chi connectivity index (χ4v) is 5.82. The van der Waals surface area contributed by atoms with E-state index in [-0.39, 0.29) is 18.2 Å². The van der Waals surface area contributed by atoms with Crippen LogP contribution >= 0.6 is 0 Å². The predicted octanol–water partition coefficient (Wildman–Crippen LogP) is 2.76. The van der Waals surface area contributed by atoms with Crippen molar-refractivity contribution < 1.29 is 19.1 Å². The van der Waals surface area contributed by atoms with Crippen LogP contribution in [0.3, 0.4) is 0 Å². The summed E-state index contributed by atoms with van der Waals surface area (Å²) in [7, 11) is 5.31. The van der Waals surface area contributed by atoms with Crippen molar-refractivity contribution in [2.45, 2.75) is 38.4 Å². The van der Waals surface area contributed by atoms with Crippen LogP contribution in [-0.2, 0) is 34.5 Å². The molecule has 3 aromatic rings. The number of rotatable bonds is 10. The number of aromatic nitrogens is 2. The van der Waals surface area contributed by atoms with E-state index in [4.69, 9.17) is 9.72 Å². The van der Waals surface area contributed by atoms with Gasteiger partial charge in [-0.25, -0.2) is 4.98 Å². The molecule has 2 aliphatic heterocycles. The quantitative estimate of drug-likeness (QED) is 0.416. The van der Waals surface area contributed by atoms with Gasteiger partial charge in [-0.15, -0.1) is 0 Å². The molecule has 9 nitrogen and oxygen atoms in total. The summed E-state index contributed by atoms with van der Waals surface area (Å²) in [6.07, 6.45) is 4.48. The largest absolute Gasteiger partial charge is 0.384 e. The molecule has 2 unspecified atom stereocenters. The summed E-state index contributed by atoms with van der Waals surface area (Å²) in [5.41, 5.74) is 5.41. The van der Waals surface area contributed by atoms with E-state index in [0.717, 1.165) is 66.8 Å². The van der Waals surface area contributed by atoms with Gasteiger partial charge in [0.2, 0.25) is 5.91 Å². The van der Waals surface area contributed by atoms with Gasteiger partial charge < -0.3 is 24.3 Å². The number of likely N-dealkylation sites (N-methyl/N-ethyl adjacent to an activating group) is 1. The van der Waals surface area contributed by atoms with Crippen molar-refractivity contribution in [3.8, 4) is 11.3 Å². The summed E-state index contributed by atoms with van der Waals surface area (Å²) in [5.74, 6) is 0.121. The number of nitrogens with zero attached hydrogens (tertiary/aromatic N) is 4. The van der Waals surface area contributed by atoms with Gasteiger partial charge in [-0.3, -0.25) is 14.5 Å². The number of likely N-dealkylation sites (tertiary alicyclic amines) is 1. The molecule has 1 aromatic carbocycles. The van der Waals surface area contributed by atoms with Crippen molar-refractivity contribution in [3.63, 3.8) is 0 Å². The van der Waals surface area contributed by atoms with Gasteiger partial charge in [-0.1, -0.05) is 6.07 Å². The molecule has 0 bridgehead atoms. The van der Waals surface area contributed by atoms with Gasteiger partial charge in [-0.2, -0.15) is 0 Å². The fraction of sp³-hybridized carbons (Fsp3) is 0.448. The van der Waals surface area contributed by atoms with Crippen LogP contribution in [0, 0.1) is 5.92 Å². The first-order valence-electron chi connectivity index (χ1n) is 13.2. The molecular weight excluding hydrogens is 482 g/mol. The molecule has 4 heterocycles. The highest BCUT2D eigenvalue weighted by Crippen LogP contribution is 2.32. The van der Waals surface area contributed by atoms with Gasteiger partial charge >= 0.3 is 0 Å². The molecule has 2 atom stereocenters. The summed E-state index contributed by atoms with van der Waals surface area (Å²) in [6.45, 7) is 4.03. The third-order valence-corrected chi connectivity index (χ3v) is 7.81. The maximum Gasteiger partial charge on any atom is 0.255 e. The van der Waals surface area contributed by atoms with E-state index in [0.29, 0.717) is 24.4 Å². The minimum absolute atomic E-state index is 0.183. The highest BCUT2D eigenvalue weighted by Gasteiger charge is 2.36. The minimum Gasteiger partial charge on any atom is -0.384 e. The van der Waals surface area contributed by atoms with Crippen molar-refractivity contribution in [3.05, 3.63) is 53.2 Å². The zero-order valence-electron chi connectivity index (χ0n) is 22.3. The SMILES string of the molecule is CNC(=O)C(CCC=O)N1Cc2cc(-c3cc(CN4CCC(COC)C4)c4ccn(C)c4n3)ccc2C1=O. The zero-order chi connectivity index (χ0) is 26.8. The molecule has 1 N–H and O–H groups in total. The number of benzene rings is 1. The van der Waals surface area contributed by atoms with Crippen LogP contribution in [0.4, 0.5) is 0 Å². The third-order valence-electron chi connectivity index (χ3n) is 7.81. The van der Waals surface area contributed by atoms with Crippen LogP contribution in [0.5, 0.6) is 0 Å². The Morgan fingerprint density at radius 1 is 1.29 bits per heavy atom. The number of ether oxygens (including phenoxy) is 1. The van der Waals surface area contributed by atoms with Gasteiger partial charge in [0.05, 0.1) is 12.3 Å². The number of aryl methyl sites for hydroxylation is 1. The number of nitrogens with one attached hydrogen (secondary N) is 1. The molecule has 5 rings (SSSR count). The first kappa shape index (κ1) is 26.1. The lowest BCUT2D eigenvalue weighted by molar-refractivity contribution is -0.125. The predicted molar refractivity (Wildman–Crippen MR) is 144 cm³/mol. The topological polar surface area (TPSA) is 96.8 Å². The Balaban J connectivity index is 1.44. The van der Waals surface area contributed by atoms with Crippen LogP contribution in [0.15, 0.2) is 36.5 Å². The molecule has 9 heteroatoms. The van der Waals surface area contributed by atoms with E-state index in [9.17, 15) is 14.4 Å². The van der Waals surface area contributed by atoms with Gasteiger partial charge in [0.1, 0.15) is 18.0 Å². The molecular formula is C29H35N5O4. The minimum atomic E-state index is -0.680. The second-order valence-corrected chi connectivity index (χ2v) is 10.4. The van der Waals surface area contributed by atoms with Crippen molar-refractivity contribution in [1.82, 2.24) is 24.7 Å². The Kier molecular flexibility index (Phi) is 7.58. The summed E-state index contributed by atoms with van der Waals surface area (Å²) in [4.78, 5) is 45.7. The monoisotopic (exact) mass is 517 g/mol. The van der Waals surface area contributed by atoms with E-state index in [1.807, 2.05) is 36.0 Å². The second kappa shape index (κ2) is 11.0. The molecule has 2 aromatic heterocycles. The van der Waals surface area contributed by atoms with Crippen molar-refractivity contribution in [2.24, 2.45) is 13.0 Å². The number of hydrogen-bond donors (Lipinski definition) is 1. The first-order valence-corrected chi connectivity index (χ1v) is 13.2. The Hall–Kier alpha value is -3.56. The summed E-state index contributed by atoms with van der Waals surface area (Å²) in [6, 6.07) is 9.40. The molecule has 2 aliphatic rings. The Morgan fingerprint density at radius 3 is 2.89 bits per heavy atom. The first-order chi connectivity index (χ1) is 18.4. The fourth-order valence-electron chi connectivity index (χ4n) is 5.82. The third kappa shape index (κ3) is 4.96. The lowest BCUT2D eigenvalue weighted by atomic mass is 10.0. The van der Waals surface area contributed by atoms with E-state index in [2.05, 4.69) is 22.3 Å². The van der Waals surface area contributed by atoms with E-state index in [1.165, 1.54) is 5.56 Å². The van der Waals surface area contributed by atoms with E-state index in [1.54, 1.807) is 19.1 Å². The average molecular weight is 518 g/mol. The van der Waals surface area contributed by atoms with Gasteiger partial charge in [-0.05, 0) is 60.7 Å². The van der Waals surface area contributed by atoms with Crippen molar-refractivity contribution in [1.29, 1.82) is 0 Å². The molecule has 0 aliphatic carbocycles. The molecule has 2 amide bonds. The Morgan fingerprint density at radius 2 is 2.13 bits per heavy atom. The summed E-state index contributed by atoms with van der Waals surface area (Å²) < 4.78 is 7.42. The number of carbonyl (C=O) groups is 3. The Bertz CT molecular complexity index is 1370. The maximum absolute atomic E-state index is 13.2. The second-order valence-electron chi connectivity index (χ2n) is 10.4. The van der Waals surface area contributed by atoms with Crippen LogP contribution in [0.2, 0.25) is 0 Å². The van der Waals surface area contributed by atoms with Gasteiger partial charge in [0.25, 0.3) is 5.91 Å². The van der Waals surface area contributed by atoms with Gasteiger partial charge in [0, 0.05) is 70.0 Å². The van der Waals surface area contributed by atoms with E-state index >= 15 is 0 Å². The normalized spacial score (nSPS) is 18.2. The standard InChI is InChI=1S/C29H35N5O4/c1-30-28(36)26(5-4-12-35)34-17-21-13-20(6-7-24(21)29(34)37)25-14-22(23-9-10-32(2)27(23)31-25)16-33-11-8-19(15-33)18-38-3/h6-7,9-10,12-14,19,26H,4-5,8,11,15-18H2,1-3H3,(H,30,36). The van der Waals surface area contributed by atoms with E-state index < -0.39 is 6.04 Å². The number of carbonyl (C=O) groups excluding carboxylic acids is 3. The molecule has 0 saturated carbocycles. The molecule has 0 radical (unpaired) electrons. The van der Waals surface area contributed by atoms with Crippen molar-refractivity contribution >= 4 is 29.1 Å². The van der Waals surface area contributed by atoms with Crippen LogP contribution in [0.1, 0.15) is 40.7 Å². The molecule has 200 valence electrons. The Labute approximate surface area is 222 Å². The van der Waals surface area contributed by atoms with Crippen molar-refractivity contribution in [2.75, 3.05) is 33.9 Å². The van der Waals surface area contributed by atoms with Crippen LogP contribution < -0.4 is 5.32 Å². The lowest BCUT2D eigenvalue weighted by Gasteiger charge is -2.25. The maximum atomic E-state index is 13.2. The molecule has 1 fully saturated rings. The highest BCUT2D eigenvalue weighted by atomic mass is 16.5. The molecule has 38 heavy (non-hydrogen) atoms. The van der Waals surface area contributed by atoms with Crippen LogP contribution in [-0.4, -0.2) is 77.3 Å². The lowest BCUT2D eigenvalue weighted by Crippen LogP contribution is -2.46. The summed E-state index contributed by atoms with van der Waals surface area (Å²) in [5, 5.41) is 3.78. The number of aldehydes is 1. The highest BCUT2D eigenvalue weighted by molar-refractivity contribution is 6.01. The number of hydrogen-bond acceptors (Lipinski definition) is 6.